The molecule has 1 aromatic carbocycles. The van der Waals surface area contributed by atoms with Crippen molar-refractivity contribution in [3.05, 3.63) is 23.8 Å². The van der Waals surface area contributed by atoms with Gasteiger partial charge in [-0.05, 0) is 31.4 Å². The number of carbonyl (C=O) groups is 2. The van der Waals surface area contributed by atoms with E-state index < -0.39 is 0 Å². The number of rotatable bonds is 4. The van der Waals surface area contributed by atoms with E-state index in [1.807, 2.05) is 4.90 Å². The van der Waals surface area contributed by atoms with Gasteiger partial charge in [-0.1, -0.05) is 0 Å². The van der Waals surface area contributed by atoms with Gasteiger partial charge in [0.25, 0.3) is 5.91 Å². The monoisotopic (exact) mass is 364 g/mol. The second-order valence-electron chi connectivity index (χ2n) is 6.28. The molecular formula is C18H24N2O4S. The highest BCUT2D eigenvalue weighted by Crippen LogP contribution is 2.28. The molecule has 2 fully saturated rings. The summed E-state index contributed by atoms with van der Waals surface area (Å²) in [6.45, 7) is 1.60. The van der Waals surface area contributed by atoms with E-state index >= 15 is 0 Å². The molecule has 0 radical (unpaired) electrons. The lowest BCUT2D eigenvalue weighted by Crippen LogP contribution is -2.50. The normalized spacial score (nSPS) is 20.5. The average Bonchev–Trinajstić information content (AvgIpc) is 3.16. The van der Waals surface area contributed by atoms with E-state index in [0.29, 0.717) is 28.7 Å². The largest absolute Gasteiger partial charge is 0.497 e. The number of amides is 2. The van der Waals surface area contributed by atoms with Gasteiger partial charge in [0.15, 0.2) is 0 Å². The summed E-state index contributed by atoms with van der Waals surface area (Å²) in [7, 11) is 3.11. The Morgan fingerprint density at radius 1 is 1.04 bits per heavy atom. The Bertz CT molecular complexity index is 624. The minimum Gasteiger partial charge on any atom is -0.497 e. The first-order valence-electron chi connectivity index (χ1n) is 8.54. The fraction of sp³-hybridized carbons (Fsp3) is 0.556. The molecule has 7 heteroatoms. The highest BCUT2D eigenvalue weighted by Gasteiger charge is 2.37. The smallest absolute Gasteiger partial charge is 0.255 e. The van der Waals surface area contributed by atoms with Crippen LogP contribution in [0.5, 0.6) is 11.5 Å². The summed E-state index contributed by atoms with van der Waals surface area (Å²) in [6.07, 6.45) is 3.27. The Morgan fingerprint density at radius 2 is 1.68 bits per heavy atom. The molecule has 1 unspecified atom stereocenters. The number of benzene rings is 1. The number of likely N-dealkylation sites (tertiary alicyclic amines) is 1. The van der Waals surface area contributed by atoms with Crippen molar-refractivity contribution in [3.63, 3.8) is 0 Å². The Labute approximate surface area is 152 Å². The highest BCUT2D eigenvalue weighted by molar-refractivity contribution is 7.99. The maximum atomic E-state index is 13.0. The summed E-state index contributed by atoms with van der Waals surface area (Å²) in [6, 6.07) is 4.73. The summed E-state index contributed by atoms with van der Waals surface area (Å²) in [5.74, 6) is 2.23. The highest BCUT2D eigenvalue weighted by atomic mass is 32.2. The van der Waals surface area contributed by atoms with Crippen LogP contribution >= 0.6 is 11.8 Å². The molecule has 1 atom stereocenters. The maximum absolute atomic E-state index is 13.0. The lowest BCUT2D eigenvalue weighted by molar-refractivity contribution is -0.135. The zero-order chi connectivity index (χ0) is 17.8. The number of nitrogens with zero attached hydrogens (tertiary/aromatic N) is 2. The number of ether oxygens (including phenoxy) is 2. The van der Waals surface area contributed by atoms with Crippen LogP contribution in [-0.2, 0) is 4.79 Å². The van der Waals surface area contributed by atoms with Crippen LogP contribution in [0.15, 0.2) is 18.2 Å². The van der Waals surface area contributed by atoms with Gasteiger partial charge in [0.1, 0.15) is 17.5 Å². The molecule has 2 heterocycles. The lowest BCUT2D eigenvalue weighted by Gasteiger charge is -2.32. The second-order valence-corrected chi connectivity index (χ2v) is 7.28. The van der Waals surface area contributed by atoms with E-state index in [4.69, 9.17) is 9.47 Å². The molecule has 25 heavy (non-hydrogen) atoms. The van der Waals surface area contributed by atoms with Gasteiger partial charge in [-0.3, -0.25) is 9.59 Å². The molecule has 0 aliphatic carbocycles. The molecule has 0 N–H and O–H groups in total. The lowest BCUT2D eigenvalue weighted by atomic mass is 10.1. The van der Waals surface area contributed by atoms with E-state index in [-0.39, 0.29) is 17.9 Å². The Morgan fingerprint density at radius 3 is 2.28 bits per heavy atom. The SMILES string of the molecule is COc1cc(OC)cc(C(=O)N2CSCC2C(=O)N2CCCCC2)c1. The summed E-state index contributed by atoms with van der Waals surface area (Å²) >= 11 is 1.62. The Hall–Kier alpha value is -1.89. The summed E-state index contributed by atoms with van der Waals surface area (Å²) in [5.41, 5.74) is 0.482. The molecule has 2 aliphatic heterocycles. The van der Waals surface area contributed by atoms with Crippen molar-refractivity contribution in [2.75, 3.05) is 38.9 Å². The number of carbonyl (C=O) groups excluding carboxylic acids is 2. The van der Waals surface area contributed by atoms with Gasteiger partial charge in [0.05, 0.1) is 20.1 Å². The first-order chi connectivity index (χ1) is 12.1. The summed E-state index contributed by atoms with van der Waals surface area (Å²) in [4.78, 5) is 29.5. The Kier molecular flexibility index (Phi) is 5.73. The van der Waals surface area contributed by atoms with Crippen molar-refractivity contribution in [3.8, 4) is 11.5 Å². The number of methoxy groups -OCH3 is 2. The average molecular weight is 364 g/mol. The van der Waals surface area contributed by atoms with Crippen molar-refractivity contribution in [1.82, 2.24) is 9.80 Å². The van der Waals surface area contributed by atoms with E-state index in [1.54, 1.807) is 49.1 Å². The van der Waals surface area contributed by atoms with Gasteiger partial charge in [-0.15, -0.1) is 11.8 Å². The molecular weight excluding hydrogens is 340 g/mol. The van der Waals surface area contributed by atoms with Crippen LogP contribution in [0, 0.1) is 0 Å². The quantitative estimate of drug-likeness (QED) is 0.820. The van der Waals surface area contributed by atoms with Crippen LogP contribution < -0.4 is 9.47 Å². The van der Waals surface area contributed by atoms with Crippen molar-refractivity contribution in [1.29, 1.82) is 0 Å². The number of thioether (sulfide) groups is 1. The maximum Gasteiger partial charge on any atom is 0.255 e. The van der Waals surface area contributed by atoms with Crippen LogP contribution in [0.2, 0.25) is 0 Å². The van der Waals surface area contributed by atoms with E-state index in [9.17, 15) is 9.59 Å². The summed E-state index contributed by atoms with van der Waals surface area (Å²) in [5, 5.41) is 0. The molecule has 136 valence electrons. The van der Waals surface area contributed by atoms with Gasteiger partial charge < -0.3 is 19.3 Å². The first-order valence-corrected chi connectivity index (χ1v) is 9.70. The molecule has 3 rings (SSSR count). The number of hydrogen-bond donors (Lipinski definition) is 0. The first kappa shape index (κ1) is 17.9. The fourth-order valence-electron chi connectivity index (χ4n) is 3.27. The van der Waals surface area contributed by atoms with Gasteiger partial charge >= 0.3 is 0 Å². The zero-order valence-electron chi connectivity index (χ0n) is 14.7. The molecule has 0 saturated carbocycles. The van der Waals surface area contributed by atoms with Crippen LogP contribution in [0.3, 0.4) is 0 Å². The van der Waals surface area contributed by atoms with Crippen molar-refractivity contribution in [2.24, 2.45) is 0 Å². The molecule has 2 aliphatic rings. The third kappa shape index (κ3) is 3.86. The van der Waals surface area contributed by atoms with Crippen molar-refractivity contribution >= 4 is 23.6 Å². The molecule has 0 spiro atoms. The van der Waals surface area contributed by atoms with E-state index in [1.165, 1.54) is 6.42 Å². The van der Waals surface area contributed by atoms with Gasteiger partial charge in [0, 0.05) is 30.5 Å². The van der Waals surface area contributed by atoms with Crippen LogP contribution in [-0.4, -0.2) is 66.6 Å². The van der Waals surface area contributed by atoms with Crippen LogP contribution in [0.1, 0.15) is 29.6 Å². The number of piperidine rings is 1. The molecule has 1 aromatic rings. The zero-order valence-corrected chi connectivity index (χ0v) is 15.5. The third-order valence-corrected chi connectivity index (χ3v) is 5.71. The minimum atomic E-state index is -0.382. The third-order valence-electron chi connectivity index (χ3n) is 4.69. The molecule has 6 nitrogen and oxygen atoms in total. The fourth-order valence-corrected chi connectivity index (χ4v) is 4.41. The van der Waals surface area contributed by atoms with Crippen LogP contribution in [0.4, 0.5) is 0 Å². The van der Waals surface area contributed by atoms with E-state index in [2.05, 4.69) is 0 Å². The van der Waals surface area contributed by atoms with Crippen molar-refractivity contribution < 1.29 is 19.1 Å². The standard InChI is InChI=1S/C18H24N2O4S/c1-23-14-8-13(9-15(10-14)24-2)17(21)20-12-25-11-16(20)18(22)19-6-4-3-5-7-19/h8-10,16H,3-7,11-12H2,1-2H3. The summed E-state index contributed by atoms with van der Waals surface area (Å²) < 4.78 is 10.5. The number of hydrogen-bond acceptors (Lipinski definition) is 5. The van der Waals surface area contributed by atoms with Gasteiger partial charge in [-0.2, -0.15) is 0 Å². The molecule has 2 saturated heterocycles. The van der Waals surface area contributed by atoms with E-state index in [0.717, 1.165) is 25.9 Å². The van der Waals surface area contributed by atoms with Crippen LogP contribution in [0.25, 0.3) is 0 Å². The molecule has 0 aromatic heterocycles. The Balaban J connectivity index is 1.79. The van der Waals surface area contributed by atoms with Gasteiger partial charge in [0.2, 0.25) is 5.91 Å². The minimum absolute atomic E-state index is 0.0768. The predicted octanol–water partition coefficient (Wildman–Crippen LogP) is 2.23. The molecule has 0 bridgehead atoms. The topological polar surface area (TPSA) is 59.1 Å². The predicted molar refractivity (Wildman–Crippen MR) is 97.3 cm³/mol. The second kappa shape index (κ2) is 7.99. The van der Waals surface area contributed by atoms with Gasteiger partial charge in [-0.25, -0.2) is 0 Å². The van der Waals surface area contributed by atoms with Crippen molar-refractivity contribution in [2.45, 2.75) is 25.3 Å². The molecule has 2 amide bonds.